The second-order valence-corrected chi connectivity index (χ2v) is 28.3. The van der Waals surface area contributed by atoms with E-state index < -0.39 is 0 Å². The Balaban J connectivity index is 0.803. The van der Waals surface area contributed by atoms with Crippen LogP contribution in [-0.4, -0.2) is 47.9 Å². The van der Waals surface area contributed by atoms with Gasteiger partial charge in [0.05, 0.1) is 0 Å². The van der Waals surface area contributed by atoms with Gasteiger partial charge in [-0.1, -0.05) is 265 Å². The van der Waals surface area contributed by atoms with Gasteiger partial charge in [0.2, 0.25) is 17.7 Å². The van der Waals surface area contributed by atoms with Crippen LogP contribution in [0.5, 0.6) is 0 Å². The second-order valence-electron chi connectivity index (χ2n) is 25.2. The highest BCUT2D eigenvalue weighted by Gasteiger charge is 2.15. The molecule has 6 aromatic carbocycles. The molecule has 0 radical (unpaired) electrons. The molecule has 0 aliphatic carbocycles. The molecule has 0 amide bonds. The van der Waals surface area contributed by atoms with Crippen LogP contribution in [-0.2, 0) is 0 Å². The molecule has 0 aliphatic heterocycles. The molecule has 0 spiro atoms. The molecule has 9 aromatic rings. The van der Waals surface area contributed by atoms with Crippen LogP contribution in [0.2, 0.25) is 0 Å². The third-order valence-electron chi connectivity index (χ3n) is 17.2. The summed E-state index contributed by atoms with van der Waals surface area (Å²) in [6.45, 7) is 6.82. The van der Waals surface area contributed by atoms with Crippen LogP contribution in [0.25, 0.3) is 34.4 Å². The minimum Gasteiger partial charge on any atom is -0.411 e. The quantitative estimate of drug-likeness (QED) is 0.0205. The summed E-state index contributed by atoms with van der Waals surface area (Å²) < 4.78 is 18.1. The lowest BCUT2D eigenvalue weighted by Gasteiger charge is -2.25. The zero-order valence-electron chi connectivity index (χ0n) is 57.8. The van der Waals surface area contributed by atoms with Gasteiger partial charge in [-0.25, -0.2) is 0 Å². The van der Waals surface area contributed by atoms with E-state index in [4.69, 9.17) is 13.3 Å². The van der Waals surface area contributed by atoms with E-state index in [1.807, 2.05) is 72.8 Å². The van der Waals surface area contributed by atoms with Crippen molar-refractivity contribution < 1.29 is 13.3 Å². The summed E-state index contributed by atoms with van der Waals surface area (Å²) in [5, 5.41) is 27.9. The van der Waals surface area contributed by atoms with Gasteiger partial charge in [-0.15, -0.1) is 30.6 Å². The summed E-state index contributed by atoms with van der Waals surface area (Å²) in [4.78, 5) is 2.24. The van der Waals surface area contributed by atoms with Crippen molar-refractivity contribution >= 4 is 52.3 Å². The molecule has 0 atom stereocenters. The zero-order chi connectivity index (χ0) is 67.0. The Morgan fingerprint density at radius 1 is 0.247 bits per heavy atom. The van der Waals surface area contributed by atoms with Crippen molar-refractivity contribution in [2.45, 2.75) is 229 Å². The van der Waals surface area contributed by atoms with E-state index in [0.717, 1.165) is 104 Å². The number of rotatable bonds is 42. The van der Waals surface area contributed by atoms with Gasteiger partial charge in [0.25, 0.3) is 15.7 Å². The van der Waals surface area contributed by atoms with Gasteiger partial charge >= 0.3 is 0 Å². The molecule has 0 N–H and O–H groups in total. The first-order valence-corrected chi connectivity index (χ1v) is 39.3. The first kappa shape index (κ1) is 73.5. The maximum Gasteiger partial charge on any atom is 0.276 e. The molecule has 0 aliphatic rings. The third-order valence-corrected chi connectivity index (χ3v) is 19.9. The first-order chi connectivity index (χ1) is 48.0. The third kappa shape index (κ3) is 26.6. The van der Waals surface area contributed by atoms with Gasteiger partial charge < -0.3 is 18.2 Å². The van der Waals surface area contributed by atoms with Crippen LogP contribution < -0.4 is 4.90 Å². The monoisotopic (exact) mass is 1350 g/mol. The van der Waals surface area contributed by atoms with Crippen LogP contribution in [0.4, 0.5) is 17.1 Å². The molecule has 3 heterocycles. The normalized spacial score (nSPS) is 11.0. The molecule has 10 nitrogen and oxygen atoms in total. The Bertz CT molecular complexity index is 3440. The van der Waals surface area contributed by atoms with Gasteiger partial charge in [0.1, 0.15) is 0 Å². The highest BCUT2D eigenvalue weighted by Crippen LogP contribution is 2.36. The maximum atomic E-state index is 6.04. The van der Waals surface area contributed by atoms with Crippen molar-refractivity contribution in [3.05, 3.63) is 179 Å². The molecule has 3 aromatic heterocycles. The van der Waals surface area contributed by atoms with Gasteiger partial charge in [-0.2, -0.15) is 0 Å². The molecule has 0 fully saturated rings. The van der Waals surface area contributed by atoms with E-state index >= 15 is 0 Å². The fraction of sp³-hybridized carbons (Fsp3) is 0.429. The maximum absolute atomic E-state index is 6.04. The van der Waals surface area contributed by atoms with Crippen LogP contribution in [0, 0.1) is 35.5 Å². The van der Waals surface area contributed by atoms with Crippen LogP contribution in [0.1, 0.15) is 247 Å². The van der Waals surface area contributed by atoms with E-state index in [9.17, 15) is 0 Å². The lowest BCUT2D eigenvalue weighted by Crippen LogP contribution is -2.09. The van der Waals surface area contributed by atoms with E-state index in [2.05, 4.69) is 165 Å². The fourth-order valence-corrected chi connectivity index (χ4v) is 13.7. The zero-order valence-corrected chi connectivity index (χ0v) is 60.2. The molecule has 9 rings (SSSR count). The number of thioether (sulfide) groups is 3. The van der Waals surface area contributed by atoms with E-state index in [1.54, 1.807) is 35.3 Å². The summed E-state index contributed by atoms with van der Waals surface area (Å²) in [5.74, 6) is 24.8. The topological polar surface area (TPSA) is 120 Å². The van der Waals surface area contributed by atoms with E-state index in [0.29, 0.717) is 33.3 Å². The summed E-state index contributed by atoms with van der Waals surface area (Å²) in [6.07, 6.45) is 39.7. The molecule has 97 heavy (non-hydrogen) atoms. The number of nitrogens with zero attached hydrogens (tertiary/aromatic N) is 7. The lowest BCUT2D eigenvalue weighted by atomic mass is 10.1. The molecular weight excluding hydrogens is 1250 g/mol. The minimum absolute atomic E-state index is 0.526. The van der Waals surface area contributed by atoms with Crippen LogP contribution >= 0.6 is 35.3 Å². The summed E-state index contributed by atoms with van der Waals surface area (Å²) >= 11 is 4.94. The predicted octanol–water partition coefficient (Wildman–Crippen LogP) is 24.5. The van der Waals surface area contributed by atoms with Crippen molar-refractivity contribution in [1.82, 2.24) is 30.6 Å². The van der Waals surface area contributed by atoms with Crippen molar-refractivity contribution in [2.75, 3.05) is 22.2 Å². The molecule has 0 bridgehead atoms. The van der Waals surface area contributed by atoms with Crippen LogP contribution in [0.3, 0.4) is 0 Å². The van der Waals surface area contributed by atoms with Gasteiger partial charge in [-0.3, -0.25) is 0 Å². The average molecular weight is 1350 g/mol. The first-order valence-electron chi connectivity index (χ1n) is 36.4. The highest BCUT2D eigenvalue weighted by molar-refractivity contribution is 7.99. The Hall–Kier alpha value is -7.73. The van der Waals surface area contributed by atoms with E-state index in [1.165, 1.54) is 173 Å². The highest BCUT2D eigenvalue weighted by atomic mass is 32.2. The number of unbranched alkanes of at least 4 members (excludes halogenated alkanes) is 27. The molecule has 506 valence electrons. The Morgan fingerprint density at radius 3 is 0.660 bits per heavy atom. The SMILES string of the molecule is CCCCCCCCCCCCSc1nnc(-c2ccc(C#Cc3ccc(N(c4ccc(C#Cc5ccc(-c6nnc(SCCCCCCCCCCCC)o6)cc5)cc4)c4ccc(C#Cc5ccc(-c6nnc(SCCCCCCCCCCCC)o6)cc5)cc4)cc3)cc2)o1. The number of benzene rings is 6. The molecule has 0 saturated carbocycles. The average Bonchev–Trinajstić information content (AvgIpc) is 1.62. The Kier molecular flexibility index (Phi) is 33.0. The second kappa shape index (κ2) is 43.5. The standard InChI is InChI=1S/C84H99N7O3S3/c1-4-7-10-13-16-19-22-25-28-31-64-95-82-88-85-79(92-82)73-52-40-67(41-53-73)34-37-70-46-58-76(59-47-70)91(77-60-48-71(49-61-77)38-35-68-42-54-74(55-43-68)80-86-89-83(93-80)96-65-32-29-26-23-20-17-14-11-8-5-2)78-62-50-72(51-63-78)39-36-69-44-56-75(57-45-69)81-87-90-84(94-81)97-66-33-30-27-24-21-18-15-12-9-6-3/h40-63H,4-33,64-66H2,1-3H3. The fourth-order valence-electron chi connectivity index (χ4n) is 11.5. The van der Waals surface area contributed by atoms with Crippen LogP contribution in [0.15, 0.2) is 175 Å². The largest absolute Gasteiger partial charge is 0.411 e. The van der Waals surface area contributed by atoms with Gasteiger partial charge in [0.15, 0.2) is 0 Å². The number of hydrogen-bond donors (Lipinski definition) is 0. The summed E-state index contributed by atoms with van der Waals surface area (Å²) in [5.41, 5.74) is 11.0. The number of anilines is 3. The molecule has 0 saturated heterocycles. The predicted molar refractivity (Wildman–Crippen MR) is 406 cm³/mol. The molecule has 13 heteroatoms. The lowest BCUT2D eigenvalue weighted by molar-refractivity contribution is 0.465. The van der Waals surface area contributed by atoms with E-state index in [-0.39, 0.29) is 0 Å². The van der Waals surface area contributed by atoms with Crippen molar-refractivity contribution in [3.8, 4) is 69.9 Å². The summed E-state index contributed by atoms with van der Waals surface area (Å²) in [7, 11) is 0. The smallest absolute Gasteiger partial charge is 0.276 e. The molecule has 0 unspecified atom stereocenters. The Morgan fingerprint density at radius 2 is 0.443 bits per heavy atom. The van der Waals surface area contributed by atoms with Crippen molar-refractivity contribution in [3.63, 3.8) is 0 Å². The van der Waals surface area contributed by atoms with Gasteiger partial charge in [0, 0.05) is 84.4 Å². The number of aromatic nitrogens is 6. The Labute approximate surface area is 592 Å². The number of hydrogen-bond acceptors (Lipinski definition) is 13. The van der Waals surface area contributed by atoms with Crippen molar-refractivity contribution in [1.29, 1.82) is 0 Å². The summed E-state index contributed by atoms with van der Waals surface area (Å²) in [6, 6.07) is 49.1. The molecular formula is C84H99N7O3S3. The minimum atomic E-state index is 0.526. The van der Waals surface area contributed by atoms with Gasteiger partial charge in [-0.05, 0) is 165 Å². The van der Waals surface area contributed by atoms with Crippen molar-refractivity contribution in [2.24, 2.45) is 0 Å².